The molecule has 27 aromatic carbocycles. The number of fused-ring (bicyclic) bond motifs is 13. The van der Waals surface area contributed by atoms with Crippen LogP contribution in [-0.2, 0) is 5.41 Å². The topological polar surface area (TPSA) is 0 Å². The highest BCUT2D eigenvalue weighted by molar-refractivity contribution is 6.27. The van der Waals surface area contributed by atoms with Crippen molar-refractivity contribution in [3.8, 4) is 156 Å². The lowest BCUT2D eigenvalue weighted by molar-refractivity contribution is 0.660. The monoisotopic (exact) mass is 1840 g/mol. The smallest absolute Gasteiger partial charge is 0.0622 e. The highest BCUT2D eigenvalue weighted by Crippen LogP contribution is 2.54. The second-order valence-corrected chi connectivity index (χ2v) is 38.6. The minimum atomic E-state index is -0.395. The molecular formula is C145H98. The van der Waals surface area contributed by atoms with Gasteiger partial charge in [-0.3, -0.25) is 0 Å². The number of hydrogen-bond acceptors (Lipinski definition) is 0. The Balaban J connectivity index is 0.000000114. The van der Waals surface area contributed by atoms with Crippen LogP contribution in [0.4, 0.5) is 0 Å². The molecule has 0 aromatic heterocycles. The molecule has 0 saturated heterocycles. The Morgan fingerprint density at radius 1 is 0.131 bits per heavy atom. The van der Waals surface area contributed by atoms with Crippen LogP contribution in [0.25, 0.3) is 264 Å². The van der Waals surface area contributed by atoms with Gasteiger partial charge in [0.1, 0.15) is 0 Å². The molecule has 0 radical (unpaired) electrons. The standard InChI is InChI=1S/C52H34.C51H36.C42H28/c1-2-12-35(13-3-1)36-26-30-41(31-27-36)51-47-20-8-9-21-48(47)52(46-23-11-17-39-15-5-7-19-45(39)46)50-34-42(32-33-49(50)51)37-24-28-40(29-25-37)44-22-10-16-38-14-4-6-18-43(38)44;1-51(2)47-19-11-10-16-41(47)42-28-26-39(32-48(42)51)38-27-29-45-46(31-38)50(40-25-22-34-14-6-7-15-37(34)30-40)44-18-9-8-17-43(44)49(45)36-23-20-35(21-24-36)33-12-4-3-5-13-33;1-3-12-29(13-4-1)31-22-24-33(25-23-31)41-37-19-9-10-20-38(37)42(36-21-11-17-32-16-7-8-18-35(32)36)40-28-34(26-27-39(40)41)30-14-5-2-6-15-30/h1-34H;3-32H,1-2H3;1-28H/i;;2D,5D,6D,14D,15D. The van der Waals surface area contributed by atoms with Gasteiger partial charge in [-0.25, -0.2) is 0 Å². The Labute approximate surface area is 852 Å². The zero-order valence-electron chi connectivity index (χ0n) is 85.2. The van der Waals surface area contributed by atoms with Crippen molar-refractivity contribution in [1.29, 1.82) is 0 Å². The molecule has 145 heavy (non-hydrogen) atoms. The summed E-state index contributed by atoms with van der Waals surface area (Å²) >= 11 is 0. The summed E-state index contributed by atoms with van der Waals surface area (Å²) in [5, 5.41) is 24.1. The molecule has 0 spiro atoms. The summed E-state index contributed by atoms with van der Waals surface area (Å²) in [5.41, 5.74) is 35.2. The fraction of sp³-hybridized carbons (Fsp3) is 0.0207. The zero-order chi connectivity index (χ0) is 101. The fourth-order valence-corrected chi connectivity index (χ4v) is 23.1. The molecule has 0 bridgehead atoms. The fourth-order valence-electron chi connectivity index (χ4n) is 23.1. The van der Waals surface area contributed by atoms with Crippen LogP contribution in [0.15, 0.2) is 558 Å². The second kappa shape index (κ2) is 37.0. The molecule has 0 saturated carbocycles. The number of benzene rings is 27. The van der Waals surface area contributed by atoms with E-state index in [-0.39, 0.29) is 35.1 Å². The molecule has 27 aromatic rings. The average Bonchev–Trinajstić information content (AvgIpc) is 1.16. The Hall–Kier alpha value is -18.5. The maximum Gasteiger partial charge on any atom is 0.0629 e. The van der Waals surface area contributed by atoms with E-state index in [9.17, 15) is 0 Å². The summed E-state index contributed by atoms with van der Waals surface area (Å²) in [4.78, 5) is 0. The molecule has 1 aliphatic carbocycles. The van der Waals surface area contributed by atoms with E-state index in [4.69, 9.17) is 6.85 Å². The van der Waals surface area contributed by atoms with E-state index in [1.807, 2.05) is 42.5 Å². The Kier molecular flexibility index (Phi) is 20.7. The summed E-state index contributed by atoms with van der Waals surface area (Å²) in [6.07, 6.45) is 0. The van der Waals surface area contributed by atoms with Crippen LogP contribution in [-0.4, -0.2) is 0 Å². The first kappa shape index (κ1) is 81.4. The van der Waals surface area contributed by atoms with Crippen molar-refractivity contribution in [1.82, 2.24) is 0 Å². The highest BCUT2D eigenvalue weighted by atomic mass is 14.4. The Morgan fingerprint density at radius 3 is 0.834 bits per heavy atom. The zero-order valence-corrected chi connectivity index (χ0v) is 80.2. The van der Waals surface area contributed by atoms with Crippen molar-refractivity contribution in [3.63, 3.8) is 0 Å². The van der Waals surface area contributed by atoms with Gasteiger partial charge in [-0.2, -0.15) is 0 Å². The van der Waals surface area contributed by atoms with Crippen molar-refractivity contribution >= 4 is 108 Å². The van der Waals surface area contributed by atoms with Crippen LogP contribution in [0, 0.1) is 0 Å². The largest absolute Gasteiger partial charge is 0.0629 e. The lowest BCUT2D eigenvalue weighted by atomic mass is 9.81. The van der Waals surface area contributed by atoms with E-state index in [1.54, 1.807) is 0 Å². The first-order chi connectivity index (χ1) is 73.8. The van der Waals surface area contributed by atoms with Crippen LogP contribution in [0.5, 0.6) is 0 Å². The third-order valence-electron chi connectivity index (χ3n) is 30.1. The van der Waals surface area contributed by atoms with E-state index >= 15 is 0 Å². The van der Waals surface area contributed by atoms with Crippen molar-refractivity contribution in [3.05, 3.63) is 569 Å². The maximum atomic E-state index is 8.73. The number of hydrogen-bond donors (Lipinski definition) is 0. The predicted octanol–water partition coefficient (Wildman–Crippen LogP) is 40.6. The molecule has 0 heterocycles. The van der Waals surface area contributed by atoms with E-state index in [0.717, 1.165) is 65.7 Å². The van der Waals surface area contributed by atoms with Crippen molar-refractivity contribution in [2.45, 2.75) is 19.3 Å². The lowest BCUT2D eigenvalue weighted by Crippen LogP contribution is -2.14. The van der Waals surface area contributed by atoms with Gasteiger partial charge in [0.25, 0.3) is 0 Å². The van der Waals surface area contributed by atoms with E-state index in [1.165, 1.54) is 198 Å². The van der Waals surface area contributed by atoms with E-state index in [2.05, 4.69) is 499 Å². The normalized spacial score (nSPS) is 12.5. The molecule has 0 nitrogen and oxygen atoms in total. The maximum absolute atomic E-state index is 8.73. The summed E-state index contributed by atoms with van der Waals surface area (Å²) < 4.78 is 42.3. The minimum Gasteiger partial charge on any atom is -0.0622 e. The van der Waals surface area contributed by atoms with Gasteiger partial charge in [-0.1, -0.05) is 542 Å². The summed E-state index contributed by atoms with van der Waals surface area (Å²) in [5.74, 6) is 0. The molecular weight excluding hydrogens is 1740 g/mol. The molecule has 678 valence electrons. The number of rotatable bonds is 13. The summed E-state index contributed by atoms with van der Waals surface area (Å²) in [7, 11) is 0. The van der Waals surface area contributed by atoms with Gasteiger partial charge in [-0.15, -0.1) is 0 Å². The summed E-state index contributed by atoms with van der Waals surface area (Å²) in [6.45, 7) is 4.72. The quantitative estimate of drug-likeness (QED) is 0.101. The molecule has 0 unspecified atom stereocenters. The first-order valence-corrected chi connectivity index (χ1v) is 50.1. The first-order valence-electron chi connectivity index (χ1n) is 52.6. The van der Waals surface area contributed by atoms with Gasteiger partial charge >= 0.3 is 0 Å². The Morgan fingerprint density at radius 2 is 0.393 bits per heavy atom. The molecule has 0 fully saturated rings. The van der Waals surface area contributed by atoms with Gasteiger partial charge in [0, 0.05) is 5.41 Å². The van der Waals surface area contributed by atoms with Gasteiger partial charge in [-0.05, 0) is 305 Å². The highest BCUT2D eigenvalue weighted by Gasteiger charge is 2.36. The minimum absolute atomic E-state index is 0.0513. The predicted molar refractivity (Wildman–Crippen MR) is 623 cm³/mol. The van der Waals surface area contributed by atoms with Crippen LogP contribution in [0.2, 0.25) is 0 Å². The average molecular weight is 1850 g/mol. The van der Waals surface area contributed by atoms with Gasteiger partial charge in [0.05, 0.1) is 6.85 Å². The van der Waals surface area contributed by atoms with Gasteiger partial charge < -0.3 is 0 Å². The third kappa shape index (κ3) is 15.8. The molecule has 0 amide bonds. The van der Waals surface area contributed by atoms with Crippen LogP contribution >= 0.6 is 0 Å². The van der Waals surface area contributed by atoms with Crippen LogP contribution in [0.1, 0.15) is 31.8 Å². The molecule has 0 heteroatoms. The molecule has 0 aliphatic heterocycles. The molecule has 1 aliphatic rings. The van der Waals surface area contributed by atoms with Crippen molar-refractivity contribution < 1.29 is 6.85 Å². The Bertz CT molecular complexity index is 10000. The van der Waals surface area contributed by atoms with Crippen LogP contribution in [0.3, 0.4) is 0 Å². The second-order valence-electron chi connectivity index (χ2n) is 38.6. The molecule has 28 rings (SSSR count). The van der Waals surface area contributed by atoms with Gasteiger partial charge in [0.2, 0.25) is 0 Å². The third-order valence-corrected chi connectivity index (χ3v) is 30.1. The van der Waals surface area contributed by atoms with E-state index < -0.39 is 6.04 Å². The lowest BCUT2D eigenvalue weighted by Gasteiger charge is -2.22. The SMILES string of the molecule is CC1(C)c2ccccc2-c2ccc(-c3ccc4c(-c5ccc(-c6ccccc6)cc5)c5ccccc5c(-c5ccc6ccccc6c5)c4c3)cc21.[2H]c1c([2H])c([2H])c(-c2ccc3c(-c4ccc(-c5ccccc5)cc4)c4ccccc4c(-c4cccc5ccccc45)c3c2)c([2H])c1[2H].c1ccc(-c2ccc(-c3c4ccccc4c(-c4cccc5ccccc45)c4cc(-c5ccc(-c6cccc7ccccc67)cc5)ccc34)cc2)cc1. The van der Waals surface area contributed by atoms with Crippen molar-refractivity contribution in [2.24, 2.45) is 0 Å². The van der Waals surface area contributed by atoms with E-state index in [0.29, 0.717) is 5.56 Å². The van der Waals surface area contributed by atoms with Gasteiger partial charge in [0.15, 0.2) is 0 Å². The van der Waals surface area contributed by atoms with Crippen molar-refractivity contribution in [2.75, 3.05) is 0 Å². The molecule has 0 N–H and O–H groups in total. The summed E-state index contributed by atoms with van der Waals surface area (Å²) in [6, 6.07) is 190. The molecule has 0 atom stereocenters. The van der Waals surface area contributed by atoms with Crippen LogP contribution < -0.4 is 0 Å².